The summed E-state index contributed by atoms with van der Waals surface area (Å²) in [5.74, 6) is 0.911. The molecular formula is C16H31N3. The predicted octanol–water partition coefficient (Wildman–Crippen LogP) is 1.92. The van der Waals surface area contributed by atoms with E-state index in [1.165, 1.54) is 64.7 Å². The van der Waals surface area contributed by atoms with E-state index in [-0.39, 0.29) is 0 Å². The molecule has 3 aliphatic rings. The van der Waals surface area contributed by atoms with Crippen molar-refractivity contribution >= 4 is 0 Å². The molecule has 0 aromatic heterocycles. The summed E-state index contributed by atoms with van der Waals surface area (Å²) in [4.78, 5) is 5.33. The van der Waals surface area contributed by atoms with Crippen molar-refractivity contribution in [2.24, 2.45) is 17.1 Å². The molecule has 2 aliphatic heterocycles. The largest absolute Gasteiger partial charge is 0.327 e. The summed E-state index contributed by atoms with van der Waals surface area (Å²) >= 11 is 0. The summed E-state index contributed by atoms with van der Waals surface area (Å²) in [5.41, 5.74) is 6.73. The second kappa shape index (κ2) is 5.34. The smallest absolute Gasteiger partial charge is 0.0145 e. The predicted molar refractivity (Wildman–Crippen MR) is 80.1 cm³/mol. The van der Waals surface area contributed by atoms with E-state index in [0.717, 1.165) is 12.0 Å². The lowest BCUT2D eigenvalue weighted by Gasteiger charge is -2.48. The minimum absolute atomic E-state index is 0.382. The standard InChI is InChI=1S/C16H31N3/c1-16(8-3-6-15(16)17)12-19-10-7-14-13(11-19)5-4-9-18(14)2/h13-15H,3-12,17H2,1-2H3. The van der Waals surface area contributed by atoms with Crippen LogP contribution >= 0.6 is 0 Å². The Labute approximate surface area is 118 Å². The maximum Gasteiger partial charge on any atom is 0.0145 e. The highest BCUT2D eigenvalue weighted by Gasteiger charge is 2.40. The third kappa shape index (κ3) is 2.70. The summed E-state index contributed by atoms with van der Waals surface area (Å²) in [6, 6.07) is 1.29. The van der Waals surface area contributed by atoms with Crippen molar-refractivity contribution in [2.75, 3.05) is 33.2 Å². The van der Waals surface area contributed by atoms with Crippen molar-refractivity contribution in [3.05, 3.63) is 0 Å². The molecule has 3 heteroatoms. The molecule has 2 heterocycles. The molecule has 4 atom stereocenters. The lowest BCUT2D eigenvalue weighted by atomic mass is 9.81. The third-order valence-corrected chi connectivity index (χ3v) is 6.17. The number of hydrogen-bond acceptors (Lipinski definition) is 3. The van der Waals surface area contributed by atoms with E-state index in [1.807, 2.05) is 0 Å². The molecule has 3 rings (SSSR count). The highest BCUT2D eigenvalue weighted by atomic mass is 15.2. The van der Waals surface area contributed by atoms with Crippen molar-refractivity contribution in [1.82, 2.24) is 9.80 Å². The van der Waals surface area contributed by atoms with Gasteiger partial charge in [0.1, 0.15) is 0 Å². The molecule has 110 valence electrons. The van der Waals surface area contributed by atoms with Crippen LogP contribution in [-0.2, 0) is 0 Å². The Bertz CT molecular complexity index is 319. The maximum absolute atomic E-state index is 6.35. The molecule has 0 bridgehead atoms. The summed E-state index contributed by atoms with van der Waals surface area (Å²) < 4.78 is 0. The van der Waals surface area contributed by atoms with Gasteiger partial charge in [0.05, 0.1) is 0 Å². The minimum atomic E-state index is 0.382. The molecule has 0 aromatic carbocycles. The maximum atomic E-state index is 6.35. The van der Waals surface area contributed by atoms with E-state index in [0.29, 0.717) is 11.5 Å². The van der Waals surface area contributed by atoms with Crippen LogP contribution in [0.5, 0.6) is 0 Å². The highest BCUT2D eigenvalue weighted by molar-refractivity contribution is 4.96. The Morgan fingerprint density at radius 3 is 2.74 bits per heavy atom. The summed E-state index contributed by atoms with van der Waals surface area (Å²) in [6.07, 6.45) is 8.10. The summed E-state index contributed by atoms with van der Waals surface area (Å²) in [7, 11) is 2.32. The van der Waals surface area contributed by atoms with Crippen LogP contribution in [0.25, 0.3) is 0 Å². The summed E-state index contributed by atoms with van der Waals surface area (Å²) in [6.45, 7) is 7.57. The Balaban J connectivity index is 1.59. The number of likely N-dealkylation sites (tertiary alicyclic amines) is 2. The van der Waals surface area contributed by atoms with E-state index >= 15 is 0 Å². The van der Waals surface area contributed by atoms with Gasteiger partial charge < -0.3 is 15.5 Å². The van der Waals surface area contributed by atoms with Crippen LogP contribution in [-0.4, -0.2) is 55.1 Å². The van der Waals surface area contributed by atoms with Crippen molar-refractivity contribution in [3.8, 4) is 0 Å². The molecule has 1 aliphatic carbocycles. The molecule has 3 nitrogen and oxygen atoms in total. The molecule has 0 amide bonds. The Morgan fingerprint density at radius 1 is 1.16 bits per heavy atom. The van der Waals surface area contributed by atoms with Gasteiger partial charge in [-0.05, 0) is 63.6 Å². The van der Waals surface area contributed by atoms with Gasteiger partial charge in [0.2, 0.25) is 0 Å². The Hall–Kier alpha value is -0.120. The molecule has 0 radical (unpaired) electrons. The van der Waals surface area contributed by atoms with Gasteiger partial charge in [-0.3, -0.25) is 0 Å². The van der Waals surface area contributed by atoms with Crippen LogP contribution < -0.4 is 5.73 Å². The molecule has 4 unspecified atom stereocenters. The van der Waals surface area contributed by atoms with Crippen molar-refractivity contribution < 1.29 is 0 Å². The van der Waals surface area contributed by atoms with Gasteiger partial charge in [-0.2, -0.15) is 0 Å². The van der Waals surface area contributed by atoms with Gasteiger partial charge in [0.15, 0.2) is 0 Å². The topological polar surface area (TPSA) is 32.5 Å². The lowest BCUT2D eigenvalue weighted by molar-refractivity contribution is 0.0202. The number of piperidine rings is 2. The number of fused-ring (bicyclic) bond motifs is 1. The highest BCUT2D eigenvalue weighted by Crippen LogP contribution is 2.39. The van der Waals surface area contributed by atoms with Crippen LogP contribution in [0.2, 0.25) is 0 Å². The van der Waals surface area contributed by atoms with Gasteiger partial charge in [0, 0.05) is 25.2 Å². The zero-order valence-electron chi connectivity index (χ0n) is 12.8. The molecule has 0 aromatic rings. The molecule has 0 spiro atoms. The van der Waals surface area contributed by atoms with Gasteiger partial charge >= 0.3 is 0 Å². The Morgan fingerprint density at radius 2 is 2.00 bits per heavy atom. The van der Waals surface area contributed by atoms with Gasteiger partial charge in [-0.25, -0.2) is 0 Å². The van der Waals surface area contributed by atoms with E-state index in [2.05, 4.69) is 23.8 Å². The third-order valence-electron chi connectivity index (χ3n) is 6.17. The van der Waals surface area contributed by atoms with Crippen molar-refractivity contribution in [1.29, 1.82) is 0 Å². The average Bonchev–Trinajstić information content (AvgIpc) is 2.69. The fourth-order valence-electron chi connectivity index (χ4n) is 4.84. The second-order valence-electron chi connectivity index (χ2n) is 7.63. The molecule has 3 fully saturated rings. The van der Waals surface area contributed by atoms with Crippen LogP contribution in [0.1, 0.15) is 45.4 Å². The van der Waals surface area contributed by atoms with Gasteiger partial charge in [-0.1, -0.05) is 13.3 Å². The van der Waals surface area contributed by atoms with Crippen LogP contribution in [0, 0.1) is 11.3 Å². The number of rotatable bonds is 2. The zero-order valence-corrected chi connectivity index (χ0v) is 12.8. The Kier molecular flexibility index (Phi) is 3.89. The first-order chi connectivity index (χ1) is 9.08. The average molecular weight is 265 g/mol. The molecular weight excluding hydrogens is 234 g/mol. The van der Waals surface area contributed by atoms with Crippen molar-refractivity contribution in [3.63, 3.8) is 0 Å². The first-order valence-corrected chi connectivity index (χ1v) is 8.27. The summed E-state index contributed by atoms with van der Waals surface area (Å²) in [5, 5.41) is 0. The minimum Gasteiger partial charge on any atom is -0.327 e. The quantitative estimate of drug-likeness (QED) is 0.828. The van der Waals surface area contributed by atoms with Gasteiger partial charge in [-0.15, -0.1) is 0 Å². The van der Waals surface area contributed by atoms with E-state index in [4.69, 9.17) is 5.73 Å². The number of nitrogens with zero attached hydrogens (tertiary/aromatic N) is 2. The number of nitrogens with two attached hydrogens (primary N) is 1. The van der Waals surface area contributed by atoms with Crippen LogP contribution in [0.3, 0.4) is 0 Å². The van der Waals surface area contributed by atoms with E-state index < -0.39 is 0 Å². The fraction of sp³-hybridized carbons (Fsp3) is 1.00. The van der Waals surface area contributed by atoms with Gasteiger partial charge in [0.25, 0.3) is 0 Å². The molecule has 2 N–H and O–H groups in total. The SMILES string of the molecule is CN1CCCC2CN(CC3(C)CCCC3N)CCC21. The van der Waals surface area contributed by atoms with Crippen LogP contribution in [0.15, 0.2) is 0 Å². The monoisotopic (exact) mass is 265 g/mol. The van der Waals surface area contributed by atoms with E-state index in [9.17, 15) is 0 Å². The lowest BCUT2D eigenvalue weighted by Crippen LogP contribution is -2.55. The normalized spacial score (nSPS) is 45.3. The molecule has 1 saturated carbocycles. The molecule has 2 saturated heterocycles. The first-order valence-electron chi connectivity index (χ1n) is 8.27. The van der Waals surface area contributed by atoms with Crippen molar-refractivity contribution in [2.45, 2.75) is 57.5 Å². The van der Waals surface area contributed by atoms with Crippen LogP contribution in [0.4, 0.5) is 0 Å². The second-order valence-corrected chi connectivity index (χ2v) is 7.63. The van der Waals surface area contributed by atoms with E-state index in [1.54, 1.807) is 0 Å². The number of hydrogen-bond donors (Lipinski definition) is 1. The first kappa shape index (κ1) is 13.8. The fourth-order valence-corrected chi connectivity index (χ4v) is 4.84. The zero-order chi connectivity index (χ0) is 13.5. The molecule has 19 heavy (non-hydrogen) atoms.